The second-order valence-electron chi connectivity index (χ2n) is 9.09. The van der Waals surface area contributed by atoms with Gasteiger partial charge in [0.1, 0.15) is 0 Å². The molecule has 1 saturated heterocycles. The standard InChI is InChI=1S/C21H38N4O2/c1-14-6-5-7-19(15(14)2)23-21(27)17(4)25-12-10-24(11-13-25)16(3)20(26)22-18-8-9-18/h14-19H,5-13H2,1-4H3,(H,22,26)(H,23,27)/t14-,15-,16+,17+,19+/m1/s1. The summed E-state index contributed by atoms with van der Waals surface area (Å²) in [4.78, 5) is 29.5. The topological polar surface area (TPSA) is 64.7 Å². The third-order valence-electron chi connectivity index (χ3n) is 7.16. The van der Waals surface area contributed by atoms with Crippen molar-refractivity contribution in [3.63, 3.8) is 0 Å². The average molecular weight is 379 g/mol. The van der Waals surface area contributed by atoms with E-state index in [-0.39, 0.29) is 23.9 Å². The largest absolute Gasteiger partial charge is 0.352 e. The second-order valence-corrected chi connectivity index (χ2v) is 9.09. The number of hydrogen-bond acceptors (Lipinski definition) is 4. The Balaban J connectivity index is 1.44. The molecule has 2 amide bonds. The highest BCUT2D eigenvalue weighted by Crippen LogP contribution is 2.29. The fraction of sp³-hybridized carbons (Fsp3) is 0.905. The van der Waals surface area contributed by atoms with Gasteiger partial charge in [-0.25, -0.2) is 0 Å². The first-order valence-corrected chi connectivity index (χ1v) is 11.0. The van der Waals surface area contributed by atoms with E-state index in [4.69, 9.17) is 0 Å². The normalized spacial score (nSPS) is 32.5. The summed E-state index contributed by atoms with van der Waals surface area (Å²) in [6.07, 6.45) is 5.84. The molecule has 1 heterocycles. The van der Waals surface area contributed by atoms with Crippen LogP contribution in [0.25, 0.3) is 0 Å². The van der Waals surface area contributed by atoms with Gasteiger partial charge in [0, 0.05) is 38.3 Å². The number of nitrogens with zero attached hydrogens (tertiary/aromatic N) is 2. The molecule has 0 aromatic heterocycles. The molecule has 0 aromatic carbocycles. The van der Waals surface area contributed by atoms with Gasteiger partial charge in [-0.2, -0.15) is 0 Å². The Morgan fingerprint density at radius 3 is 1.85 bits per heavy atom. The Morgan fingerprint density at radius 1 is 0.815 bits per heavy atom. The maximum atomic E-state index is 12.8. The number of piperazine rings is 1. The van der Waals surface area contributed by atoms with Crippen molar-refractivity contribution >= 4 is 11.8 Å². The third-order valence-corrected chi connectivity index (χ3v) is 7.16. The predicted molar refractivity (Wildman–Crippen MR) is 107 cm³/mol. The van der Waals surface area contributed by atoms with E-state index in [2.05, 4.69) is 34.3 Å². The van der Waals surface area contributed by atoms with Gasteiger partial charge in [-0.1, -0.05) is 26.7 Å². The third kappa shape index (κ3) is 5.23. The molecule has 0 bridgehead atoms. The molecule has 6 heteroatoms. The van der Waals surface area contributed by atoms with Crippen LogP contribution in [-0.4, -0.2) is 72.0 Å². The van der Waals surface area contributed by atoms with Crippen molar-refractivity contribution in [1.29, 1.82) is 0 Å². The van der Waals surface area contributed by atoms with Crippen LogP contribution < -0.4 is 10.6 Å². The highest BCUT2D eigenvalue weighted by molar-refractivity contribution is 5.82. The second kappa shape index (κ2) is 8.91. The summed E-state index contributed by atoms with van der Waals surface area (Å²) in [6.45, 7) is 11.9. The van der Waals surface area contributed by atoms with Gasteiger partial charge >= 0.3 is 0 Å². The summed E-state index contributed by atoms with van der Waals surface area (Å²) in [7, 11) is 0. The molecule has 2 saturated carbocycles. The Bertz CT molecular complexity index is 528. The zero-order valence-corrected chi connectivity index (χ0v) is 17.5. The lowest BCUT2D eigenvalue weighted by Gasteiger charge is -2.40. The molecule has 0 spiro atoms. The van der Waals surface area contributed by atoms with Gasteiger partial charge in [0.25, 0.3) is 0 Å². The summed E-state index contributed by atoms with van der Waals surface area (Å²) < 4.78 is 0. The van der Waals surface area contributed by atoms with Crippen LogP contribution in [0.2, 0.25) is 0 Å². The molecule has 1 aliphatic heterocycles. The van der Waals surface area contributed by atoms with Gasteiger partial charge in [0.2, 0.25) is 11.8 Å². The highest BCUT2D eigenvalue weighted by Gasteiger charge is 2.34. The van der Waals surface area contributed by atoms with E-state index >= 15 is 0 Å². The van der Waals surface area contributed by atoms with Crippen molar-refractivity contribution in [1.82, 2.24) is 20.4 Å². The number of hydrogen-bond donors (Lipinski definition) is 2. The van der Waals surface area contributed by atoms with E-state index in [1.54, 1.807) is 0 Å². The number of carbonyl (C=O) groups is 2. The van der Waals surface area contributed by atoms with Gasteiger partial charge in [0.05, 0.1) is 12.1 Å². The van der Waals surface area contributed by atoms with E-state index in [1.807, 2.05) is 13.8 Å². The summed E-state index contributed by atoms with van der Waals surface area (Å²) in [5.41, 5.74) is 0. The van der Waals surface area contributed by atoms with Crippen LogP contribution in [0.4, 0.5) is 0 Å². The van der Waals surface area contributed by atoms with Crippen LogP contribution in [0.15, 0.2) is 0 Å². The quantitative estimate of drug-likeness (QED) is 0.737. The van der Waals surface area contributed by atoms with Crippen molar-refractivity contribution in [3.05, 3.63) is 0 Å². The van der Waals surface area contributed by atoms with Crippen LogP contribution in [0.1, 0.15) is 59.8 Å². The average Bonchev–Trinajstić information content (AvgIpc) is 3.48. The van der Waals surface area contributed by atoms with E-state index in [0.717, 1.165) is 45.4 Å². The summed E-state index contributed by atoms with van der Waals surface area (Å²) >= 11 is 0. The lowest BCUT2D eigenvalue weighted by molar-refractivity contribution is -0.130. The van der Waals surface area contributed by atoms with Crippen LogP contribution >= 0.6 is 0 Å². The molecule has 6 nitrogen and oxygen atoms in total. The SMILES string of the molecule is C[C@@H]1[C@H](C)CCC[C@@H]1NC(=O)[C@H](C)N1CCN([C@@H](C)C(=O)NC2CC2)CC1. The van der Waals surface area contributed by atoms with Crippen molar-refractivity contribution in [2.75, 3.05) is 26.2 Å². The zero-order valence-electron chi connectivity index (χ0n) is 17.5. The Kier molecular flexibility index (Phi) is 6.79. The maximum absolute atomic E-state index is 12.8. The fourth-order valence-corrected chi connectivity index (χ4v) is 4.48. The van der Waals surface area contributed by atoms with Gasteiger partial charge < -0.3 is 10.6 Å². The van der Waals surface area contributed by atoms with Crippen molar-refractivity contribution in [2.24, 2.45) is 11.8 Å². The van der Waals surface area contributed by atoms with Crippen molar-refractivity contribution < 1.29 is 9.59 Å². The monoisotopic (exact) mass is 378 g/mol. The minimum Gasteiger partial charge on any atom is -0.352 e. The fourth-order valence-electron chi connectivity index (χ4n) is 4.48. The highest BCUT2D eigenvalue weighted by atomic mass is 16.2. The van der Waals surface area contributed by atoms with Crippen molar-refractivity contribution in [2.45, 2.75) is 84.0 Å². The molecule has 3 aliphatic rings. The predicted octanol–water partition coefficient (Wildman–Crippen LogP) is 1.60. The summed E-state index contributed by atoms with van der Waals surface area (Å²) in [6, 6.07) is 0.541. The minimum atomic E-state index is -0.104. The minimum absolute atomic E-state index is 0.0820. The molecule has 3 fully saturated rings. The van der Waals surface area contributed by atoms with Crippen LogP contribution in [-0.2, 0) is 9.59 Å². The number of amides is 2. The molecular weight excluding hydrogens is 340 g/mol. The molecule has 0 radical (unpaired) electrons. The summed E-state index contributed by atoms with van der Waals surface area (Å²) in [5.74, 6) is 1.55. The first kappa shape index (κ1) is 20.6. The molecule has 2 aliphatic carbocycles. The first-order chi connectivity index (χ1) is 12.9. The van der Waals surface area contributed by atoms with Crippen LogP contribution in [0.3, 0.4) is 0 Å². The molecule has 2 N–H and O–H groups in total. The molecule has 0 unspecified atom stereocenters. The molecule has 154 valence electrons. The molecule has 5 atom stereocenters. The first-order valence-electron chi connectivity index (χ1n) is 11.0. The Morgan fingerprint density at radius 2 is 1.33 bits per heavy atom. The Hall–Kier alpha value is -1.14. The molecule has 3 rings (SSSR count). The van der Waals surface area contributed by atoms with Crippen molar-refractivity contribution in [3.8, 4) is 0 Å². The van der Waals surface area contributed by atoms with E-state index in [0.29, 0.717) is 23.9 Å². The van der Waals surface area contributed by atoms with Gasteiger partial charge in [-0.15, -0.1) is 0 Å². The molecular formula is C21H38N4O2. The smallest absolute Gasteiger partial charge is 0.237 e. The summed E-state index contributed by atoms with van der Waals surface area (Å²) in [5, 5.41) is 6.42. The number of rotatable bonds is 6. The number of carbonyl (C=O) groups excluding carboxylic acids is 2. The Labute approximate surface area is 164 Å². The number of nitrogens with one attached hydrogen (secondary N) is 2. The lowest BCUT2D eigenvalue weighted by Crippen LogP contribution is -2.58. The zero-order chi connectivity index (χ0) is 19.6. The van der Waals surface area contributed by atoms with Gasteiger partial charge in [-0.3, -0.25) is 19.4 Å². The van der Waals surface area contributed by atoms with E-state index < -0.39 is 0 Å². The molecule has 0 aromatic rings. The van der Waals surface area contributed by atoms with E-state index in [1.165, 1.54) is 12.8 Å². The maximum Gasteiger partial charge on any atom is 0.237 e. The molecule has 27 heavy (non-hydrogen) atoms. The van der Waals surface area contributed by atoms with Crippen LogP contribution in [0.5, 0.6) is 0 Å². The van der Waals surface area contributed by atoms with Crippen LogP contribution in [0, 0.1) is 11.8 Å². The lowest BCUT2D eigenvalue weighted by atomic mass is 9.78. The van der Waals surface area contributed by atoms with E-state index in [9.17, 15) is 9.59 Å². The van der Waals surface area contributed by atoms with Gasteiger partial charge in [-0.05, 0) is 44.9 Å². The van der Waals surface area contributed by atoms with Gasteiger partial charge in [0.15, 0.2) is 0 Å².